The third-order valence-electron chi connectivity index (χ3n) is 3.47. The Bertz CT molecular complexity index is 571. The van der Waals surface area contributed by atoms with E-state index in [9.17, 15) is 8.42 Å². The lowest BCUT2D eigenvalue weighted by Crippen LogP contribution is -2.35. The Morgan fingerprint density at radius 3 is 2.57 bits per heavy atom. The van der Waals surface area contributed by atoms with Gasteiger partial charge in [-0.2, -0.15) is 0 Å². The fourth-order valence-electron chi connectivity index (χ4n) is 2.25. The van der Waals surface area contributed by atoms with E-state index in [4.69, 9.17) is 9.47 Å². The van der Waals surface area contributed by atoms with Crippen LogP contribution in [0.2, 0.25) is 0 Å². The standard InChI is InChI=1S/C15H23NO4S/c1-3-7-16-12(4-2)11-21(17,18)13-5-6-14-15(10-13)20-9-8-19-14/h5-6,10,12,16H,3-4,7-9,11H2,1-2H3. The van der Waals surface area contributed by atoms with Crippen molar-refractivity contribution in [2.24, 2.45) is 0 Å². The molecule has 118 valence electrons. The first-order valence-electron chi connectivity index (χ1n) is 7.42. The molecule has 0 amide bonds. The van der Waals surface area contributed by atoms with Gasteiger partial charge in [0.1, 0.15) is 13.2 Å². The zero-order valence-electron chi connectivity index (χ0n) is 12.6. The van der Waals surface area contributed by atoms with Crippen LogP contribution in [0.3, 0.4) is 0 Å². The molecule has 2 rings (SSSR count). The fourth-order valence-corrected chi connectivity index (χ4v) is 3.89. The molecule has 21 heavy (non-hydrogen) atoms. The number of hydrogen-bond donors (Lipinski definition) is 1. The van der Waals surface area contributed by atoms with Gasteiger partial charge < -0.3 is 14.8 Å². The first-order chi connectivity index (χ1) is 10.1. The molecule has 0 spiro atoms. The zero-order valence-corrected chi connectivity index (χ0v) is 13.4. The Morgan fingerprint density at radius 2 is 1.90 bits per heavy atom. The summed E-state index contributed by atoms with van der Waals surface area (Å²) in [5.41, 5.74) is 0. The molecule has 0 bridgehead atoms. The minimum absolute atomic E-state index is 0.0249. The summed E-state index contributed by atoms with van der Waals surface area (Å²) in [6, 6.07) is 4.80. The van der Waals surface area contributed by atoms with Crippen LogP contribution in [0.25, 0.3) is 0 Å². The van der Waals surface area contributed by atoms with Crippen LogP contribution in [0.4, 0.5) is 0 Å². The first-order valence-corrected chi connectivity index (χ1v) is 9.07. The Morgan fingerprint density at radius 1 is 1.19 bits per heavy atom. The third-order valence-corrected chi connectivity index (χ3v) is 5.28. The molecule has 1 aromatic rings. The Labute approximate surface area is 126 Å². The third kappa shape index (κ3) is 4.11. The molecule has 1 N–H and O–H groups in total. The summed E-state index contributed by atoms with van der Waals surface area (Å²) in [7, 11) is -3.33. The molecule has 0 aromatic heterocycles. The van der Waals surface area contributed by atoms with Gasteiger partial charge in [-0.1, -0.05) is 13.8 Å². The second kappa shape index (κ2) is 7.13. The number of hydrogen-bond acceptors (Lipinski definition) is 5. The zero-order chi connectivity index (χ0) is 15.3. The Hall–Kier alpha value is -1.27. The molecule has 0 aliphatic carbocycles. The van der Waals surface area contributed by atoms with Gasteiger partial charge in [0, 0.05) is 12.1 Å². The van der Waals surface area contributed by atoms with E-state index in [0.717, 1.165) is 19.4 Å². The Balaban J connectivity index is 2.15. The predicted molar refractivity (Wildman–Crippen MR) is 81.9 cm³/mol. The molecule has 6 heteroatoms. The minimum atomic E-state index is -3.33. The summed E-state index contributed by atoms with van der Waals surface area (Å²) in [5, 5.41) is 3.27. The lowest BCUT2D eigenvalue weighted by molar-refractivity contribution is 0.171. The van der Waals surface area contributed by atoms with Gasteiger partial charge in [-0.15, -0.1) is 0 Å². The van der Waals surface area contributed by atoms with E-state index >= 15 is 0 Å². The minimum Gasteiger partial charge on any atom is -0.486 e. The van der Waals surface area contributed by atoms with Gasteiger partial charge in [0.15, 0.2) is 21.3 Å². The normalized spacial score (nSPS) is 15.7. The summed E-state index contributed by atoms with van der Waals surface area (Å²) in [6.07, 6.45) is 1.77. The number of fused-ring (bicyclic) bond motifs is 1. The van der Waals surface area contributed by atoms with Crippen molar-refractivity contribution in [2.45, 2.75) is 37.6 Å². The van der Waals surface area contributed by atoms with Crippen molar-refractivity contribution in [2.75, 3.05) is 25.5 Å². The predicted octanol–water partition coefficient (Wildman–Crippen LogP) is 2.01. The van der Waals surface area contributed by atoms with Crippen molar-refractivity contribution >= 4 is 9.84 Å². The number of sulfone groups is 1. The first kappa shape index (κ1) is 16.1. The lowest BCUT2D eigenvalue weighted by atomic mass is 10.2. The summed E-state index contributed by atoms with van der Waals surface area (Å²) in [6.45, 7) is 5.83. The van der Waals surface area contributed by atoms with Crippen LogP contribution in [-0.2, 0) is 9.84 Å². The van der Waals surface area contributed by atoms with E-state index in [1.165, 1.54) is 0 Å². The van der Waals surface area contributed by atoms with Crippen LogP contribution in [0.5, 0.6) is 11.5 Å². The quantitative estimate of drug-likeness (QED) is 0.834. The van der Waals surface area contributed by atoms with E-state index in [-0.39, 0.29) is 11.8 Å². The smallest absolute Gasteiger partial charge is 0.180 e. The monoisotopic (exact) mass is 313 g/mol. The van der Waals surface area contributed by atoms with Crippen molar-refractivity contribution in [3.05, 3.63) is 18.2 Å². The highest BCUT2D eigenvalue weighted by molar-refractivity contribution is 7.91. The topological polar surface area (TPSA) is 64.6 Å². The molecule has 1 atom stereocenters. The largest absolute Gasteiger partial charge is 0.486 e. The Kier molecular flexibility index (Phi) is 5.47. The van der Waals surface area contributed by atoms with Crippen molar-refractivity contribution in [3.8, 4) is 11.5 Å². The average Bonchev–Trinajstić information content (AvgIpc) is 2.50. The number of ether oxygens (including phenoxy) is 2. The van der Waals surface area contributed by atoms with Crippen molar-refractivity contribution in [1.82, 2.24) is 5.32 Å². The molecule has 1 heterocycles. The molecular weight excluding hydrogens is 290 g/mol. The second-order valence-corrected chi connectivity index (χ2v) is 7.18. The molecule has 0 fully saturated rings. The van der Waals surface area contributed by atoms with Crippen LogP contribution in [0, 0.1) is 0 Å². The van der Waals surface area contributed by atoms with E-state index in [2.05, 4.69) is 12.2 Å². The highest BCUT2D eigenvalue weighted by Gasteiger charge is 2.22. The molecule has 1 aliphatic rings. The van der Waals surface area contributed by atoms with Gasteiger partial charge in [-0.05, 0) is 31.5 Å². The molecular formula is C15H23NO4S. The maximum absolute atomic E-state index is 12.5. The molecule has 0 saturated heterocycles. The number of nitrogens with one attached hydrogen (secondary N) is 1. The van der Waals surface area contributed by atoms with Crippen molar-refractivity contribution in [1.29, 1.82) is 0 Å². The van der Waals surface area contributed by atoms with Crippen molar-refractivity contribution in [3.63, 3.8) is 0 Å². The maximum atomic E-state index is 12.5. The van der Waals surface area contributed by atoms with E-state index in [0.29, 0.717) is 29.6 Å². The molecule has 1 unspecified atom stereocenters. The van der Waals surface area contributed by atoms with Gasteiger partial charge in [0.2, 0.25) is 0 Å². The van der Waals surface area contributed by atoms with Gasteiger partial charge in [0.25, 0.3) is 0 Å². The van der Waals surface area contributed by atoms with Crippen LogP contribution >= 0.6 is 0 Å². The second-order valence-electron chi connectivity index (χ2n) is 5.15. The molecule has 1 aromatic carbocycles. The van der Waals surface area contributed by atoms with Gasteiger partial charge in [0.05, 0.1) is 10.6 Å². The van der Waals surface area contributed by atoms with Crippen LogP contribution in [0.1, 0.15) is 26.7 Å². The maximum Gasteiger partial charge on any atom is 0.180 e. The van der Waals surface area contributed by atoms with Crippen LogP contribution < -0.4 is 14.8 Å². The summed E-state index contributed by atoms with van der Waals surface area (Å²) in [5.74, 6) is 1.22. The van der Waals surface area contributed by atoms with Gasteiger partial charge in [-0.3, -0.25) is 0 Å². The van der Waals surface area contributed by atoms with E-state index in [1.807, 2.05) is 6.92 Å². The molecule has 1 aliphatic heterocycles. The summed E-state index contributed by atoms with van der Waals surface area (Å²) in [4.78, 5) is 0.295. The highest BCUT2D eigenvalue weighted by atomic mass is 32.2. The van der Waals surface area contributed by atoms with Crippen LogP contribution in [0.15, 0.2) is 23.1 Å². The molecule has 5 nitrogen and oxygen atoms in total. The summed E-state index contributed by atoms with van der Waals surface area (Å²) < 4.78 is 35.9. The van der Waals surface area contributed by atoms with Crippen LogP contribution in [-0.4, -0.2) is 40.0 Å². The number of benzene rings is 1. The van der Waals surface area contributed by atoms with Crippen molar-refractivity contribution < 1.29 is 17.9 Å². The average molecular weight is 313 g/mol. The fraction of sp³-hybridized carbons (Fsp3) is 0.600. The van der Waals surface area contributed by atoms with Gasteiger partial charge >= 0.3 is 0 Å². The van der Waals surface area contributed by atoms with E-state index < -0.39 is 9.84 Å². The van der Waals surface area contributed by atoms with Gasteiger partial charge in [-0.25, -0.2) is 8.42 Å². The number of rotatable bonds is 7. The molecule has 0 saturated carbocycles. The van der Waals surface area contributed by atoms with E-state index in [1.54, 1.807) is 18.2 Å². The highest BCUT2D eigenvalue weighted by Crippen LogP contribution is 2.32. The summed E-state index contributed by atoms with van der Waals surface area (Å²) >= 11 is 0. The molecule has 0 radical (unpaired) electrons. The lowest BCUT2D eigenvalue weighted by Gasteiger charge is -2.20. The SMILES string of the molecule is CCCNC(CC)CS(=O)(=O)c1ccc2c(c1)OCCO2.